The van der Waals surface area contributed by atoms with Crippen LogP contribution in [0.2, 0.25) is 0 Å². The van der Waals surface area contributed by atoms with Crippen molar-refractivity contribution in [3.63, 3.8) is 0 Å². The average Bonchev–Trinajstić information content (AvgIpc) is 2.84. The van der Waals surface area contributed by atoms with Gasteiger partial charge in [-0.2, -0.15) is 4.31 Å². The van der Waals surface area contributed by atoms with Crippen LogP contribution in [0.1, 0.15) is 19.3 Å². The second-order valence-electron chi connectivity index (χ2n) is 3.75. The van der Waals surface area contributed by atoms with Crippen LogP contribution in [0.4, 0.5) is 0 Å². The number of hydrogen-bond acceptors (Lipinski definition) is 3. The number of methoxy groups -OCH3 is 1. The third-order valence-electron chi connectivity index (χ3n) is 2.75. The molecule has 1 atom stereocenters. The summed E-state index contributed by atoms with van der Waals surface area (Å²) in [5.74, 6) is 0. The zero-order valence-electron chi connectivity index (χ0n) is 7.77. The Kier molecular flexibility index (Phi) is 2.33. The molecule has 0 aromatic rings. The van der Waals surface area contributed by atoms with E-state index in [0.29, 0.717) is 13.1 Å². The fourth-order valence-corrected chi connectivity index (χ4v) is 3.59. The summed E-state index contributed by atoms with van der Waals surface area (Å²) in [5.41, 5.74) is 0. The molecule has 0 N–H and O–H groups in total. The summed E-state index contributed by atoms with van der Waals surface area (Å²) >= 11 is 0. The fourth-order valence-electron chi connectivity index (χ4n) is 1.70. The van der Waals surface area contributed by atoms with E-state index in [9.17, 15) is 8.42 Å². The van der Waals surface area contributed by atoms with Crippen LogP contribution < -0.4 is 0 Å². The van der Waals surface area contributed by atoms with Gasteiger partial charge in [0.15, 0.2) is 0 Å². The molecule has 0 aromatic carbocycles. The zero-order valence-corrected chi connectivity index (χ0v) is 8.59. The van der Waals surface area contributed by atoms with E-state index in [0.717, 1.165) is 19.3 Å². The van der Waals surface area contributed by atoms with E-state index in [1.807, 2.05) is 0 Å². The first-order valence-electron chi connectivity index (χ1n) is 4.66. The van der Waals surface area contributed by atoms with Gasteiger partial charge in [0.1, 0.15) is 0 Å². The lowest BCUT2D eigenvalue weighted by Gasteiger charge is -2.15. The average molecular weight is 205 g/mol. The van der Waals surface area contributed by atoms with Crippen molar-refractivity contribution in [2.24, 2.45) is 0 Å². The highest BCUT2D eigenvalue weighted by Gasteiger charge is 2.42. The summed E-state index contributed by atoms with van der Waals surface area (Å²) in [6.45, 7) is 1.19. The molecule has 1 saturated carbocycles. The predicted molar refractivity (Wildman–Crippen MR) is 48.9 cm³/mol. The number of hydrogen-bond donors (Lipinski definition) is 0. The maximum absolute atomic E-state index is 11.7. The highest BCUT2D eigenvalue weighted by Crippen LogP contribution is 2.32. The van der Waals surface area contributed by atoms with Crippen LogP contribution in [-0.2, 0) is 14.8 Å². The van der Waals surface area contributed by atoms with Crippen molar-refractivity contribution < 1.29 is 13.2 Å². The summed E-state index contributed by atoms with van der Waals surface area (Å²) in [5, 5.41) is -0.0805. The molecule has 76 valence electrons. The Morgan fingerprint density at radius 2 is 2.00 bits per heavy atom. The summed E-state index contributed by atoms with van der Waals surface area (Å²) in [4.78, 5) is 0. The van der Waals surface area contributed by atoms with Crippen molar-refractivity contribution in [1.82, 2.24) is 4.31 Å². The van der Waals surface area contributed by atoms with E-state index in [2.05, 4.69) is 0 Å². The van der Waals surface area contributed by atoms with Crippen LogP contribution in [0.5, 0.6) is 0 Å². The Bertz CT molecular complexity index is 284. The van der Waals surface area contributed by atoms with Crippen molar-refractivity contribution in [3.05, 3.63) is 0 Å². The van der Waals surface area contributed by atoms with E-state index >= 15 is 0 Å². The quantitative estimate of drug-likeness (QED) is 0.661. The topological polar surface area (TPSA) is 46.6 Å². The molecule has 1 aliphatic heterocycles. The highest BCUT2D eigenvalue weighted by molar-refractivity contribution is 7.90. The van der Waals surface area contributed by atoms with E-state index in [4.69, 9.17) is 4.74 Å². The maximum atomic E-state index is 11.7. The Hall–Kier alpha value is -0.130. The molecule has 0 aromatic heterocycles. The fraction of sp³-hybridized carbons (Fsp3) is 1.00. The van der Waals surface area contributed by atoms with Gasteiger partial charge in [-0.25, -0.2) is 8.42 Å². The minimum atomic E-state index is -2.96. The Morgan fingerprint density at radius 3 is 2.46 bits per heavy atom. The van der Waals surface area contributed by atoms with E-state index in [-0.39, 0.29) is 11.4 Å². The normalized spacial score (nSPS) is 31.0. The second kappa shape index (κ2) is 3.22. The zero-order chi connectivity index (χ0) is 9.47. The molecule has 0 amide bonds. The molecule has 0 bridgehead atoms. The summed E-state index contributed by atoms with van der Waals surface area (Å²) < 4.78 is 30.2. The van der Waals surface area contributed by atoms with E-state index in [1.165, 1.54) is 0 Å². The van der Waals surface area contributed by atoms with E-state index < -0.39 is 10.0 Å². The smallest absolute Gasteiger partial charge is 0.217 e. The molecule has 13 heavy (non-hydrogen) atoms. The lowest BCUT2D eigenvalue weighted by atomic mass is 10.3. The SMILES string of the molecule is COC1CCN(S(=O)(=O)C2CC2)C1. The molecule has 0 spiro atoms. The number of sulfonamides is 1. The van der Waals surface area contributed by atoms with Gasteiger partial charge in [0, 0.05) is 20.2 Å². The standard InChI is InChI=1S/C8H15NO3S/c1-12-7-4-5-9(6-7)13(10,11)8-2-3-8/h7-8H,2-6H2,1H3. The van der Waals surface area contributed by atoms with Gasteiger partial charge in [0.25, 0.3) is 0 Å². The minimum absolute atomic E-state index is 0.0805. The molecule has 1 unspecified atom stereocenters. The van der Waals surface area contributed by atoms with Gasteiger partial charge in [-0.05, 0) is 19.3 Å². The largest absolute Gasteiger partial charge is 0.380 e. The van der Waals surface area contributed by atoms with Crippen molar-refractivity contribution in [1.29, 1.82) is 0 Å². The Balaban J connectivity index is 2.02. The summed E-state index contributed by atoms with van der Waals surface area (Å²) in [6, 6.07) is 0. The van der Waals surface area contributed by atoms with Crippen LogP contribution in [0.25, 0.3) is 0 Å². The predicted octanol–water partition coefficient (Wildman–Crippen LogP) is 0.199. The first-order chi connectivity index (χ1) is 6.14. The molecular formula is C8H15NO3S. The van der Waals surface area contributed by atoms with Crippen molar-refractivity contribution in [3.8, 4) is 0 Å². The van der Waals surface area contributed by atoms with Gasteiger partial charge in [-0.1, -0.05) is 0 Å². The molecule has 4 nitrogen and oxygen atoms in total. The van der Waals surface area contributed by atoms with Crippen LogP contribution in [0.3, 0.4) is 0 Å². The van der Waals surface area contributed by atoms with Gasteiger partial charge in [0.05, 0.1) is 11.4 Å². The molecule has 1 aliphatic carbocycles. The summed E-state index contributed by atoms with van der Waals surface area (Å²) in [6.07, 6.45) is 2.63. The molecule has 2 aliphatic rings. The van der Waals surface area contributed by atoms with Gasteiger partial charge in [-0.3, -0.25) is 0 Å². The van der Waals surface area contributed by atoms with Gasteiger partial charge in [-0.15, -0.1) is 0 Å². The van der Waals surface area contributed by atoms with Crippen molar-refractivity contribution in [2.45, 2.75) is 30.6 Å². The Labute approximate surface area is 78.9 Å². The lowest BCUT2D eigenvalue weighted by Crippen LogP contribution is -2.32. The summed E-state index contributed by atoms with van der Waals surface area (Å²) in [7, 11) is -1.32. The van der Waals surface area contributed by atoms with Crippen LogP contribution in [0.15, 0.2) is 0 Å². The van der Waals surface area contributed by atoms with Crippen molar-refractivity contribution in [2.75, 3.05) is 20.2 Å². The molecule has 2 fully saturated rings. The van der Waals surface area contributed by atoms with Crippen LogP contribution in [-0.4, -0.2) is 44.3 Å². The maximum Gasteiger partial charge on any atom is 0.217 e. The molecular weight excluding hydrogens is 190 g/mol. The minimum Gasteiger partial charge on any atom is -0.380 e. The lowest BCUT2D eigenvalue weighted by molar-refractivity contribution is 0.115. The molecule has 1 heterocycles. The van der Waals surface area contributed by atoms with Crippen LogP contribution in [0, 0.1) is 0 Å². The van der Waals surface area contributed by atoms with Crippen molar-refractivity contribution >= 4 is 10.0 Å². The third-order valence-corrected chi connectivity index (χ3v) is 5.11. The first kappa shape index (κ1) is 9.43. The first-order valence-corrected chi connectivity index (χ1v) is 6.16. The van der Waals surface area contributed by atoms with Gasteiger partial charge >= 0.3 is 0 Å². The second-order valence-corrected chi connectivity index (χ2v) is 5.96. The van der Waals surface area contributed by atoms with E-state index in [1.54, 1.807) is 11.4 Å². The highest BCUT2D eigenvalue weighted by atomic mass is 32.2. The Morgan fingerprint density at radius 1 is 1.31 bits per heavy atom. The number of ether oxygens (including phenoxy) is 1. The molecule has 1 saturated heterocycles. The third kappa shape index (κ3) is 1.73. The molecule has 0 radical (unpaired) electrons. The number of nitrogens with zero attached hydrogens (tertiary/aromatic N) is 1. The van der Waals surface area contributed by atoms with Gasteiger partial charge < -0.3 is 4.74 Å². The molecule has 5 heteroatoms. The monoisotopic (exact) mass is 205 g/mol. The number of rotatable bonds is 3. The van der Waals surface area contributed by atoms with Crippen LogP contribution >= 0.6 is 0 Å². The van der Waals surface area contributed by atoms with Gasteiger partial charge in [0.2, 0.25) is 10.0 Å². The molecule has 2 rings (SSSR count).